The summed E-state index contributed by atoms with van der Waals surface area (Å²) in [5.41, 5.74) is 2.69. The third-order valence-corrected chi connectivity index (χ3v) is 6.98. The number of aromatic hydroxyl groups is 1. The summed E-state index contributed by atoms with van der Waals surface area (Å²) in [6.07, 6.45) is 1.66. The van der Waals surface area contributed by atoms with Gasteiger partial charge in [0.2, 0.25) is 0 Å². The first-order valence-electron chi connectivity index (χ1n) is 10.7. The van der Waals surface area contributed by atoms with Gasteiger partial charge in [0.1, 0.15) is 5.75 Å². The molecule has 2 fully saturated rings. The number of amides is 2. The first-order valence-corrected chi connectivity index (χ1v) is 11.6. The lowest BCUT2D eigenvalue weighted by Gasteiger charge is -2.48. The molecule has 3 heterocycles. The van der Waals surface area contributed by atoms with Crippen LogP contribution >= 0.6 is 11.3 Å². The topological polar surface area (TPSA) is 77.0 Å². The molecule has 2 saturated heterocycles. The Morgan fingerprint density at radius 2 is 1.47 bits per heavy atom. The maximum atomic E-state index is 12.8. The summed E-state index contributed by atoms with van der Waals surface area (Å²) in [6.45, 7) is 4.48. The second-order valence-corrected chi connectivity index (χ2v) is 9.05. The van der Waals surface area contributed by atoms with Crippen molar-refractivity contribution < 1.29 is 14.7 Å². The summed E-state index contributed by atoms with van der Waals surface area (Å²) in [7, 11) is 0. The predicted octanol–water partition coefficient (Wildman–Crippen LogP) is 2.80. The van der Waals surface area contributed by atoms with E-state index in [9.17, 15) is 14.7 Å². The summed E-state index contributed by atoms with van der Waals surface area (Å²) in [6, 6.07) is 15.0. The van der Waals surface area contributed by atoms with Crippen LogP contribution in [0.15, 0.2) is 60.1 Å². The van der Waals surface area contributed by atoms with Crippen LogP contribution < -0.4 is 0 Å². The fourth-order valence-electron chi connectivity index (χ4n) is 4.25. The SMILES string of the molecule is O=C(c1ccc(-c2ccc(O)cc2)cc1)N1CC(N2CCN(C(=O)c3nccs3)CC2)C1. The minimum Gasteiger partial charge on any atom is -0.508 e. The van der Waals surface area contributed by atoms with Gasteiger partial charge in [0, 0.05) is 62.5 Å². The molecule has 8 heteroatoms. The van der Waals surface area contributed by atoms with Gasteiger partial charge in [-0.25, -0.2) is 4.98 Å². The number of thiazole rings is 1. The molecule has 5 rings (SSSR count). The summed E-state index contributed by atoms with van der Waals surface area (Å²) >= 11 is 1.38. The number of aromatic nitrogens is 1. The van der Waals surface area contributed by atoms with Crippen molar-refractivity contribution in [3.63, 3.8) is 0 Å². The van der Waals surface area contributed by atoms with Crippen LogP contribution in [0.3, 0.4) is 0 Å². The molecule has 0 radical (unpaired) electrons. The van der Waals surface area contributed by atoms with Crippen molar-refractivity contribution >= 4 is 23.2 Å². The van der Waals surface area contributed by atoms with Crippen molar-refractivity contribution in [2.45, 2.75) is 6.04 Å². The van der Waals surface area contributed by atoms with Crippen molar-refractivity contribution in [1.82, 2.24) is 19.7 Å². The summed E-state index contributed by atoms with van der Waals surface area (Å²) in [5.74, 6) is 0.303. The monoisotopic (exact) mass is 448 g/mol. The van der Waals surface area contributed by atoms with E-state index in [1.807, 2.05) is 51.6 Å². The number of carbonyl (C=O) groups excluding carboxylic acids is 2. The molecule has 2 amide bonds. The van der Waals surface area contributed by atoms with Gasteiger partial charge < -0.3 is 14.9 Å². The quantitative estimate of drug-likeness (QED) is 0.664. The molecule has 1 N–H and O–H groups in total. The van der Waals surface area contributed by atoms with E-state index in [1.54, 1.807) is 18.3 Å². The largest absolute Gasteiger partial charge is 0.508 e. The molecule has 7 nitrogen and oxygen atoms in total. The second-order valence-electron chi connectivity index (χ2n) is 8.15. The summed E-state index contributed by atoms with van der Waals surface area (Å²) in [5, 5.41) is 11.8. The highest BCUT2D eigenvalue weighted by Gasteiger charge is 2.37. The number of benzene rings is 2. The Balaban J connectivity index is 1.12. The standard InChI is InChI=1S/C24H24N4O3S/c29-21-7-5-18(6-8-21)17-1-3-19(4-2-17)23(30)28-15-20(16-28)26-10-12-27(13-11-26)24(31)22-25-9-14-32-22/h1-9,14,20,29H,10-13,15-16H2. The summed E-state index contributed by atoms with van der Waals surface area (Å²) in [4.78, 5) is 35.5. The number of hydrogen-bond donors (Lipinski definition) is 1. The fraction of sp³-hybridized carbons (Fsp3) is 0.292. The lowest BCUT2D eigenvalue weighted by molar-refractivity contribution is 0.00853. The lowest BCUT2D eigenvalue weighted by atomic mass is 10.0. The molecule has 2 aliphatic rings. The van der Waals surface area contributed by atoms with E-state index in [1.165, 1.54) is 11.3 Å². The average molecular weight is 449 g/mol. The van der Waals surface area contributed by atoms with Gasteiger partial charge in [-0.15, -0.1) is 11.3 Å². The molecule has 0 unspecified atom stereocenters. The molecule has 0 saturated carbocycles. The zero-order valence-corrected chi connectivity index (χ0v) is 18.4. The molecule has 32 heavy (non-hydrogen) atoms. The molecule has 3 aromatic rings. The minimum absolute atomic E-state index is 0.0146. The highest BCUT2D eigenvalue weighted by Crippen LogP contribution is 2.24. The Kier molecular flexibility index (Phi) is 5.63. The molecule has 1 aromatic heterocycles. The number of piperazine rings is 1. The van der Waals surface area contributed by atoms with Crippen LogP contribution in [-0.2, 0) is 0 Å². The first kappa shape index (κ1) is 20.7. The minimum atomic E-state index is 0.0146. The van der Waals surface area contributed by atoms with Gasteiger partial charge >= 0.3 is 0 Å². The van der Waals surface area contributed by atoms with Crippen LogP contribution in [0.2, 0.25) is 0 Å². The van der Waals surface area contributed by atoms with E-state index in [2.05, 4.69) is 9.88 Å². The van der Waals surface area contributed by atoms with Crippen molar-refractivity contribution in [3.8, 4) is 16.9 Å². The highest BCUT2D eigenvalue weighted by molar-refractivity contribution is 7.11. The molecule has 2 aliphatic heterocycles. The van der Waals surface area contributed by atoms with E-state index in [0.29, 0.717) is 29.7 Å². The van der Waals surface area contributed by atoms with Gasteiger partial charge in [-0.05, 0) is 35.4 Å². The molecule has 0 atom stereocenters. The third kappa shape index (κ3) is 4.11. The lowest BCUT2D eigenvalue weighted by Crippen LogP contribution is -2.64. The Labute approximate surface area is 190 Å². The number of carbonyl (C=O) groups is 2. The normalized spacial score (nSPS) is 17.2. The Morgan fingerprint density at radius 3 is 2.06 bits per heavy atom. The van der Waals surface area contributed by atoms with E-state index in [0.717, 1.165) is 37.3 Å². The molecular weight excluding hydrogens is 424 g/mol. The molecule has 0 aliphatic carbocycles. The van der Waals surface area contributed by atoms with Crippen LogP contribution in [0.1, 0.15) is 20.2 Å². The van der Waals surface area contributed by atoms with Crippen molar-refractivity contribution in [2.24, 2.45) is 0 Å². The van der Waals surface area contributed by atoms with Crippen molar-refractivity contribution in [3.05, 3.63) is 70.7 Å². The highest BCUT2D eigenvalue weighted by atomic mass is 32.1. The number of nitrogens with zero attached hydrogens (tertiary/aromatic N) is 4. The van der Waals surface area contributed by atoms with E-state index >= 15 is 0 Å². The van der Waals surface area contributed by atoms with E-state index in [4.69, 9.17) is 0 Å². The zero-order chi connectivity index (χ0) is 22.1. The second kappa shape index (κ2) is 8.72. The van der Waals surface area contributed by atoms with Crippen LogP contribution in [-0.4, -0.2) is 81.9 Å². The van der Waals surface area contributed by atoms with Crippen LogP contribution in [0.25, 0.3) is 11.1 Å². The number of likely N-dealkylation sites (tertiary alicyclic amines) is 1. The van der Waals surface area contributed by atoms with Gasteiger partial charge in [-0.3, -0.25) is 14.5 Å². The maximum Gasteiger partial charge on any atom is 0.282 e. The van der Waals surface area contributed by atoms with Crippen LogP contribution in [0, 0.1) is 0 Å². The number of hydrogen-bond acceptors (Lipinski definition) is 6. The van der Waals surface area contributed by atoms with E-state index in [-0.39, 0.29) is 17.6 Å². The maximum absolute atomic E-state index is 12.8. The van der Waals surface area contributed by atoms with Gasteiger partial charge in [0.15, 0.2) is 5.01 Å². The number of phenolic OH excluding ortho intramolecular Hbond substituents is 1. The molecule has 0 spiro atoms. The van der Waals surface area contributed by atoms with Gasteiger partial charge in [0.05, 0.1) is 0 Å². The van der Waals surface area contributed by atoms with Gasteiger partial charge in [0.25, 0.3) is 11.8 Å². The molecular formula is C24H24N4O3S. The smallest absolute Gasteiger partial charge is 0.282 e. The van der Waals surface area contributed by atoms with Crippen molar-refractivity contribution in [1.29, 1.82) is 0 Å². The zero-order valence-electron chi connectivity index (χ0n) is 17.6. The van der Waals surface area contributed by atoms with Crippen molar-refractivity contribution in [2.75, 3.05) is 39.3 Å². The predicted molar refractivity (Wildman–Crippen MR) is 123 cm³/mol. The number of phenols is 1. The summed E-state index contributed by atoms with van der Waals surface area (Å²) < 4.78 is 0. The fourth-order valence-corrected chi connectivity index (χ4v) is 4.85. The Hall–Kier alpha value is -3.23. The van der Waals surface area contributed by atoms with Crippen LogP contribution in [0.5, 0.6) is 5.75 Å². The molecule has 2 aromatic carbocycles. The van der Waals surface area contributed by atoms with Gasteiger partial charge in [-0.2, -0.15) is 0 Å². The Morgan fingerprint density at radius 1 is 0.844 bits per heavy atom. The van der Waals surface area contributed by atoms with Crippen LogP contribution in [0.4, 0.5) is 0 Å². The first-order chi connectivity index (χ1) is 15.6. The third-order valence-electron chi connectivity index (χ3n) is 6.22. The number of rotatable bonds is 4. The average Bonchev–Trinajstić information content (AvgIpc) is 3.34. The molecule has 164 valence electrons. The Bertz CT molecular complexity index is 1090. The van der Waals surface area contributed by atoms with E-state index < -0.39 is 0 Å². The van der Waals surface area contributed by atoms with Gasteiger partial charge in [-0.1, -0.05) is 24.3 Å². The molecule has 0 bridgehead atoms.